The fraction of sp³-hybridized carbons (Fsp3) is 0.364. The maximum Gasteiger partial charge on any atom is 0.262 e. The summed E-state index contributed by atoms with van der Waals surface area (Å²) in [4.78, 5) is 26.5. The average Bonchev–Trinajstić information content (AvgIpc) is 2.71. The number of hydrogen-bond donors (Lipinski definition) is 1. The molecule has 0 unspecified atom stereocenters. The highest BCUT2D eigenvalue weighted by atomic mass is 35.5. The Labute approximate surface area is 170 Å². The molecule has 2 aromatic rings. The Balaban J connectivity index is 1.53. The van der Waals surface area contributed by atoms with Crippen LogP contribution in [0.25, 0.3) is 0 Å². The fourth-order valence-electron chi connectivity index (χ4n) is 3.31. The van der Waals surface area contributed by atoms with Gasteiger partial charge >= 0.3 is 0 Å². The zero-order chi connectivity index (χ0) is 20.1. The second-order valence-corrected chi connectivity index (χ2v) is 7.52. The molecule has 0 aliphatic carbocycles. The van der Waals surface area contributed by atoms with E-state index in [0.717, 1.165) is 37.1 Å². The van der Waals surface area contributed by atoms with Crippen LogP contribution in [0.5, 0.6) is 5.75 Å². The van der Waals surface area contributed by atoms with Crippen molar-refractivity contribution in [3.05, 3.63) is 58.1 Å². The highest BCUT2D eigenvalue weighted by Crippen LogP contribution is 2.25. The summed E-state index contributed by atoms with van der Waals surface area (Å²) >= 11 is 6.14. The van der Waals surface area contributed by atoms with Crippen LogP contribution in [0.15, 0.2) is 36.4 Å². The number of nitrogens with one attached hydrogen (secondary N) is 1. The summed E-state index contributed by atoms with van der Waals surface area (Å²) in [5.74, 6) is 0.395. The molecule has 1 saturated heterocycles. The normalized spacial score (nSPS) is 13.9. The smallest absolute Gasteiger partial charge is 0.262 e. The van der Waals surface area contributed by atoms with Gasteiger partial charge in [-0.15, -0.1) is 0 Å². The van der Waals surface area contributed by atoms with Crippen molar-refractivity contribution in [3.63, 3.8) is 0 Å². The van der Waals surface area contributed by atoms with Crippen molar-refractivity contribution >= 4 is 29.1 Å². The largest absolute Gasteiger partial charge is 0.484 e. The van der Waals surface area contributed by atoms with E-state index in [1.54, 1.807) is 24.3 Å². The van der Waals surface area contributed by atoms with Crippen LogP contribution >= 0.6 is 11.6 Å². The van der Waals surface area contributed by atoms with E-state index in [2.05, 4.69) is 5.32 Å². The molecule has 5 nitrogen and oxygen atoms in total. The molecule has 1 fully saturated rings. The van der Waals surface area contributed by atoms with Crippen molar-refractivity contribution in [2.45, 2.75) is 33.1 Å². The van der Waals surface area contributed by atoms with Gasteiger partial charge in [-0.1, -0.05) is 11.6 Å². The Bertz CT molecular complexity index is 836. The number of halogens is 1. The first-order chi connectivity index (χ1) is 13.4. The van der Waals surface area contributed by atoms with Gasteiger partial charge in [0, 0.05) is 29.4 Å². The SMILES string of the molecule is Cc1cc(OCC(=O)Nc2ccc(C(=O)N3CCCCC3)cc2)cc(C)c1Cl. The number of aryl methyl sites for hydroxylation is 2. The minimum atomic E-state index is -0.264. The van der Waals surface area contributed by atoms with E-state index in [-0.39, 0.29) is 18.4 Å². The summed E-state index contributed by atoms with van der Waals surface area (Å²) in [5, 5.41) is 3.49. The molecule has 0 atom stereocenters. The van der Waals surface area contributed by atoms with Gasteiger partial charge < -0.3 is 15.0 Å². The van der Waals surface area contributed by atoms with Gasteiger partial charge in [0.05, 0.1) is 0 Å². The van der Waals surface area contributed by atoms with Crippen molar-refractivity contribution in [1.82, 2.24) is 4.90 Å². The lowest BCUT2D eigenvalue weighted by molar-refractivity contribution is -0.118. The first-order valence-corrected chi connectivity index (χ1v) is 9.90. The minimum absolute atomic E-state index is 0.0504. The molecular formula is C22H25ClN2O3. The van der Waals surface area contributed by atoms with E-state index in [0.29, 0.717) is 22.0 Å². The second-order valence-electron chi connectivity index (χ2n) is 7.14. The lowest BCUT2D eigenvalue weighted by Gasteiger charge is -2.26. The predicted octanol–water partition coefficient (Wildman–Crippen LogP) is 4.60. The highest BCUT2D eigenvalue weighted by Gasteiger charge is 2.18. The Kier molecular flexibility index (Phi) is 6.57. The number of rotatable bonds is 5. The number of amides is 2. The van der Waals surface area contributed by atoms with Gasteiger partial charge in [0.2, 0.25) is 0 Å². The molecule has 1 heterocycles. The number of ether oxygens (including phenoxy) is 1. The van der Waals surface area contributed by atoms with E-state index in [4.69, 9.17) is 16.3 Å². The Morgan fingerprint density at radius 3 is 2.25 bits per heavy atom. The number of carbonyl (C=O) groups excluding carboxylic acids is 2. The number of hydrogen-bond acceptors (Lipinski definition) is 3. The van der Waals surface area contributed by atoms with Crippen LogP contribution < -0.4 is 10.1 Å². The number of anilines is 1. The van der Waals surface area contributed by atoms with E-state index >= 15 is 0 Å². The Hall–Kier alpha value is -2.53. The molecule has 2 amide bonds. The first-order valence-electron chi connectivity index (χ1n) is 9.53. The quantitative estimate of drug-likeness (QED) is 0.797. The second kappa shape index (κ2) is 9.11. The molecule has 2 aromatic carbocycles. The Morgan fingerprint density at radius 2 is 1.64 bits per heavy atom. The molecule has 0 bridgehead atoms. The molecule has 1 aliphatic rings. The molecule has 0 radical (unpaired) electrons. The molecular weight excluding hydrogens is 376 g/mol. The van der Waals surface area contributed by atoms with Gasteiger partial charge in [0.1, 0.15) is 5.75 Å². The van der Waals surface area contributed by atoms with Crippen molar-refractivity contribution in [3.8, 4) is 5.75 Å². The summed E-state index contributed by atoms with van der Waals surface area (Å²) in [6.45, 7) is 5.33. The van der Waals surface area contributed by atoms with Crippen LogP contribution in [0.1, 0.15) is 40.7 Å². The van der Waals surface area contributed by atoms with E-state index in [9.17, 15) is 9.59 Å². The Morgan fingerprint density at radius 1 is 1.04 bits per heavy atom. The monoisotopic (exact) mass is 400 g/mol. The molecule has 1 aliphatic heterocycles. The topological polar surface area (TPSA) is 58.6 Å². The summed E-state index contributed by atoms with van der Waals surface area (Å²) in [6, 6.07) is 10.6. The molecule has 1 N–H and O–H groups in total. The maximum absolute atomic E-state index is 12.5. The summed E-state index contributed by atoms with van der Waals surface area (Å²) in [6.07, 6.45) is 3.31. The number of nitrogens with zero attached hydrogens (tertiary/aromatic N) is 1. The molecule has 3 rings (SSSR count). The van der Waals surface area contributed by atoms with Crippen molar-refractivity contribution < 1.29 is 14.3 Å². The summed E-state index contributed by atoms with van der Waals surface area (Å²) in [7, 11) is 0. The third-order valence-corrected chi connectivity index (χ3v) is 5.43. The molecule has 0 saturated carbocycles. The minimum Gasteiger partial charge on any atom is -0.484 e. The van der Waals surface area contributed by atoms with Gasteiger partial charge in [-0.05, 0) is 80.6 Å². The molecule has 6 heteroatoms. The van der Waals surface area contributed by atoms with E-state index < -0.39 is 0 Å². The van der Waals surface area contributed by atoms with Crippen molar-refractivity contribution in [2.24, 2.45) is 0 Å². The maximum atomic E-state index is 12.5. The van der Waals surface area contributed by atoms with Crippen LogP contribution in [0.3, 0.4) is 0 Å². The summed E-state index contributed by atoms with van der Waals surface area (Å²) in [5.41, 5.74) is 3.09. The third-order valence-electron chi connectivity index (χ3n) is 4.84. The van der Waals surface area contributed by atoms with Crippen LogP contribution in [0.4, 0.5) is 5.69 Å². The number of piperidine rings is 1. The third kappa shape index (κ3) is 5.04. The average molecular weight is 401 g/mol. The highest BCUT2D eigenvalue weighted by molar-refractivity contribution is 6.32. The van der Waals surface area contributed by atoms with Crippen LogP contribution in [-0.4, -0.2) is 36.4 Å². The van der Waals surface area contributed by atoms with Gasteiger partial charge in [-0.3, -0.25) is 9.59 Å². The van der Waals surface area contributed by atoms with Gasteiger partial charge in [-0.25, -0.2) is 0 Å². The first kappa shape index (κ1) is 20.2. The zero-order valence-corrected chi connectivity index (χ0v) is 17.0. The van der Waals surface area contributed by atoms with Gasteiger partial charge in [0.15, 0.2) is 6.61 Å². The van der Waals surface area contributed by atoms with Gasteiger partial charge in [-0.2, -0.15) is 0 Å². The van der Waals surface area contributed by atoms with Crippen molar-refractivity contribution in [1.29, 1.82) is 0 Å². The van der Waals surface area contributed by atoms with Crippen molar-refractivity contribution in [2.75, 3.05) is 25.0 Å². The number of likely N-dealkylation sites (tertiary alicyclic amines) is 1. The standard InChI is InChI=1S/C22H25ClN2O3/c1-15-12-19(13-16(2)21(15)23)28-14-20(26)24-18-8-6-17(7-9-18)22(27)25-10-4-3-5-11-25/h6-9,12-13H,3-5,10-11,14H2,1-2H3,(H,24,26). The molecule has 148 valence electrons. The summed E-state index contributed by atoms with van der Waals surface area (Å²) < 4.78 is 5.57. The fourth-order valence-corrected chi connectivity index (χ4v) is 3.42. The van der Waals surface area contributed by atoms with Crippen LogP contribution in [0, 0.1) is 13.8 Å². The number of carbonyl (C=O) groups is 2. The van der Waals surface area contributed by atoms with E-state index in [1.807, 2.05) is 30.9 Å². The van der Waals surface area contributed by atoms with E-state index in [1.165, 1.54) is 6.42 Å². The van der Waals surface area contributed by atoms with Crippen LogP contribution in [0.2, 0.25) is 5.02 Å². The zero-order valence-electron chi connectivity index (χ0n) is 16.3. The van der Waals surface area contributed by atoms with Crippen LogP contribution in [-0.2, 0) is 4.79 Å². The molecule has 0 spiro atoms. The lowest BCUT2D eigenvalue weighted by Crippen LogP contribution is -2.35. The number of benzene rings is 2. The molecule has 0 aromatic heterocycles. The van der Waals surface area contributed by atoms with Gasteiger partial charge in [0.25, 0.3) is 11.8 Å². The molecule has 28 heavy (non-hydrogen) atoms. The predicted molar refractivity (Wildman–Crippen MR) is 111 cm³/mol. The lowest BCUT2D eigenvalue weighted by atomic mass is 10.1.